The van der Waals surface area contributed by atoms with E-state index in [-0.39, 0.29) is 36.8 Å². The highest BCUT2D eigenvalue weighted by atomic mass is 35.5. The summed E-state index contributed by atoms with van der Waals surface area (Å²) in [5.74, 6) is -0.247. The van der Waals surface area contributed by atoms with Crippen LogP contribution < -0.4 is 24.8 Å². The van der Waals surface area contributed by atoms with Gasteiger partial charge in [0.05, 0.1) is 53.3 Å². The summed E-state index contributed by atoms with van der Waals surface area (Å²) in [7, 11) is 3.05. The van der Waals surface area contributed by atoms with E-state index in [1.807, 2.05) is 0 Å². The number of anilines is 2. The van der Waals surface area contributed by atoms with E-state index in [1.54, 1.807) is 37.4 Å². The zero-order chi connectivity index (χ0) is 38.8. The van der Waals surface area contributed by atoms with Crippen LogP contribution in [-0.2, 0) is 22.7 Å². The number of carbonyl (C=O) groups excluding carboxylic acids is 3. The SMILES string of the molecule is COc1cc(Nc2c(C#N)cnc3cc(OCCCN4CCN(Cc5cc6c(cc5F)C(=O)N(C5CCC(=O)NC5=O)C6)CC4)c(OC)cc23)c(Cl)cc1Cl. The largest absolute Gasteiger partial charge is 0.495 e. The van der Waals surface area contributed by atoms with Crippen molar-refractivity contribution in [3.05, 3.63) is 80.7 Å². The van der Waals surface area contributed by atoms with Crippen LogP contribution in [0.2, 0.25) is 10.0 Å². The monoisotopic (exact) mass is 789 g/mol. The summed E-state index contributed by atoms with van der Waals surface area (Å²) >= 11 is 12.7. The lowest BCUT2D eigenvalue weighted by atomic mass is 10.0. The first-order valence-electron chi connectivity index (χ1n) is 17.8. The summed E-state index contributed by atoms with van der Waals surface area (Å²) in [5, 5.41) is 16.8. The van der Waals surface area contributed by atoms with E-state index >= 15 is 4.39 Å². The lowest BCUT2D eigenvalue weighted by molar-refractivity contribution is -0.136. The van der Waals surface area contributed by atoms with Crippen molar-refractivity contribution in [1.29, 1.82) is 5.26 Å². The zero-order valence-corrected chi connectivity index (χ0v) is 31.7. The number of methoxy groups -OCH3 is 2. The number of pyridine rings is 1. The lowest BCUT2D eigenvalue weighted by Crippen LogP contribution is -2.52. The van der Waals surface area contributed by atoms with E-state index in [0.29, 0.717) is 79.4 Å². The molecule has 16 heteroatoms. The van der Waals surface area contributed by atoms with Crippen LogP contribution in [0.15, 0.2) is 42.6 Å². The number of fused-ring (bicyclic) bond motifs is 2. The Kier molecular flexibility index (Phi) is 11.3. The van der Waals surface area contributed by atoms with Gasteiger partial charge in [0.2, 0.25) is 11.8 Å². The summed E-state index contributed by atoms with van der Waals surface area (Å²) < 4.78 is 32.4. The van der Waals surface area contributed by atoms with Gasteiger partial charge in [0.25, 0.3) is 5.91 Å². The predicted molar refractivity (Wildman–Crippen MR) is 204 cm³/mol. The molecule has 2 fully saturated rings. The van der Waals surface area contributed by atoms with Crippen molar-refractivity contribution in [2.75, 3.05) is 58.9 Å². The number of nitrogens with zero attached hydrogens (tertiary/aromatic N) is 5. The second-order valence-electron chi connectivity index (χ2n) is 13.6. The molecule has 2 saturated heterocycles. The van der Waals surface area contributed by atoms with Crippen LogP contribution in [0.5, 0.6) is 17.2 Å². The van der Waals surface area contributed by atoms with Crippen molar-refractivity contribution < 1.29 is 33.0 Å². The summed E-state index contributed by atoms with van der Waals surface area (Å²) in [6, 6.07) is 11.2. The van der Waals surface area contributed by atoms with E-state index in [0.717, 1.165) is 39.1 Å². The summed E-state index contributed by atoms with van der Waals surface area (Å²) in [6.45, 7) is 4.95. The average Bonchev–Trinajstić information content (AvgIpc) is 3.48. The predicted octanol–water partition coefficient (Wildman–Crippen LogP) is 5.66. The van der Waals surface area contributed by atoms with Crippen LogP contribution in [0.4, 0.5) is 15.8 Å². The van der Waals surface area contributed by atoms with Gasteiger partial charge in [-0.05, 0) is 42.7 Å². The molecule has 1 aromatic heterocycles. The minimum Gasteiger partial charge on any atom is -0.495 e. The number of hydrogen-bond acceptors (Lipinski definition) is 11. The Bertz CT molecular complexity index is 2230. The molecule has 0 radical (unpaired) electrons. The molecule has 0 saturated carbocycles. The van der Waals surface area contributed by atoms with Gasteiger partial charge in [-0.2, -0.15) is 5.26 Å². The number of hydrogen-bond donors (Lipinski definition) is 2. The highest BCUT2D eigenvalue weighted by Crippen LogP contribution is 2.40. The molecule has 0 bridgehead atoms. The van der Waals surface area contributed by atoms with Gasteiger partial charge >= 0.3 is 0 Å². The van der Waals surface area contributed by atoms with Gasteiger partial charge in [-0.25, -0.2) is 4.39 Å². The fourth-order valence-corrected chi connectivity index (χ4v) is 7.76. The molecular formula is C39H38Cl2FN7O6. The fourth-order valence-electron chi connectivity index (χ4n) is 7.25. The van der Waals surface area contributed by atoms with Crippen LogP contribution in [0.3, 0.4) is 0 Å². The Morgan fingerprint density at radius 3 is 2.47 bits per heavy atom. The first-order valence-corrected chi connectivity index (χ1v) is 18.6. The van der Waals surface area contributed by atoms with Crippen LogP contribution in [0.1, 0.15) is 46.3 Å². The Balaban J connectivity index is 0.927. The first kappa shape index (κ1) is 38.1. The van der Waals surface area contributed by atoms with Gasteiger partial charge in [0.1, 0.15) is 23.7 Å². The van der Waals surface area contributed by atoms with Gasteiger partial charge in [-0.1, -0.05) is 23.2 Å². The molecule has 1 atom stereocenters. The number of aromatic nitrogens is 1. The summed E-state index contributed by atoms with van der Waals surface area (Å²) in [4.78, 5) is 47.5. The van der Waals surface area contributed by atoms with E-state index < -0.39 is 17.8 Å². The molecule has 286 valence electrons. The number of halogens is 3. The number of benzene rings is 3. The highest BCUT2D eigenvalue weighted by molar-refractivity contribution is 6.37. The summed E-state index contributed by atoms with van der Waals surface area (Å²) in [6.07, 6.45) is 2.66. The molecule has 55 heavy (non-hydrogen) atoms. The molecular weight excluding hydrogens is 752 g/mol. The molecule has 3 aromatic carbocycles. The molecule has 7 rings (SSSR count). The molecule has 4 heterocycles. The number of imide groups is 1. The Labute approximate surface area is 326 Å². The topological polar surface area (TPSA) is 149 Å². The van der Waals surface area contributed by atoms with Crippen LogP contribution in [-0.4, -0.2) is 97.0 Å². The van der Waals surface area contributed by atoms with Crippen molar-refractivity contribution >= 4 is 63.2 Å². The maximum Gasteiger partial charge on any atom is 0.255 e. The average molecular weight is 791 g/mol. The molecule has 3 aliphatic rings. The van der Waals surface area contributed by atoms with Crippen molar-refractivity contribution in [3.63, 3.8) is 0 Å². The smallest absolute Gasteiger partial charge is 0.255 e. The van der Waals surface area contributed by atoms with Gasteiger partial charge in [-0.3, -0.25) is 29.6 Å². The molecule has 1 unspecified atom stereocenters. The first-order chi connectivity index (χ1) is 26.6. The van der Waals surface area contributed by atoms with Gasteiger partial charge in [0.15, 0.2) is 11.5 Å². The molecule has 0 spiro atoms. The normalized spacial score (nSPS) is 17.6. The Hall–Kier alpha value is -5.20. The fraction of sp³-hybridized carbons (Fsp3) is 0.359. The molecule has 3 aliphatic heterocycles. The number of nitrogens with one attached hydrogen (secondary N) is 2. The molecule has 2 N–H and O–H groups in total. The lowest BCUT2D eigenvalue weighted by Gasteiger charge is -2.34. The van der Waals surface area contributed by atoms with E-state index in [4.69, 9.17) is 37.4 Å². The maximum atomic E-state index is 15.2. The standard InChI is InChI=1S/C39H38Cl2FN7O6/c1-53-33-17-31(27(40)15-28(33)41)45-37-24(18-43)19-44-30-16-35(34(54-2)14-26(30)37)55-11-3-6-47-7-9-48(10-8-47)20-23-12-22-21-49(39(52)25(22)13-29(23)42)32-4-5-36(50)46-38(32)51/h12-17,19,32H,3-11,20-21H2,1-2H3,(H,44,45)(H,46,50,51). The summed E-state index contributed by atoms with van der Waals surface area (Å²) in [5.41, 5.74) is 3.36. The second-order valence-corrected chi connectivity index (χ2v) is 14.4. The van der Waals surface area contributed by atoms with Gasteiger partial charge in [0, 0.05) is 87.1 Å². The quantitative estimate of drug-likeness (QED) is 0.135. The van der Waals surface area contributed by atoms with E-state index in [2.05, 4.69) is 31.5 Å². The highest BCUT2D eigenvalue weighted by Gasteiger charge is 2.39. The third-order valence-corrected chi connectivity index (χ3v) is 10.8. The Morgan fingerprint density at radius 2 is 1.75 bits per heavy atom. The third kappa shape index (κ3) is 7.97. The van der Waals surface area contributed by atoms with Crippen LogP contribution >= 0.6 is 23.2 Å². The van der Waals surface area contributed by atoms with Crippen LogP contribution in [0, 0.1) is 17.1 Å². The number of nitriles is 1. The number of amides is 3. The zero-order valence-electron chi connectivity index (χ0n) is 30.2. The number of piperazine rings is 1. The minimum absolute atomic E-state index is 0.164. The molecule has 13 nitrogen and oxygen atoms in total. The number of ether oxygens (including phenoxy) is 3. The Morgan fingerprint density at radius 1 is 0.982 bits per heavy atom. The van der Waals surface area contributed by atoms with Crippen molar-refractivity contribution in [2.24, 2.45) is 0 Å². The number of piperidine rings is 1. The van der Waals surface area contributed by atoms with E-state index in [9.17, 15) is 19.6 Å². The van der Waals surface area contributed by atoms with Crippen molar-refractivity contribution in [3.8, 4) is 23.3 Å². The van der Waals surface area contributed by atoms with Crippen molar-refractivity contribution in [2.45, 2.75) is 38.4 Å². The van der Waals surface area contributed by atoms with E-state index in [1.165, 1.54) is 24.3 Å². The number of carbonyl (C=O) groups is 3. The van der Waals surface area contributed by atoms with Crippen molar-refractivity contribution in [1.82, 2.24) is 25.0 Å². The van der Waals surface area contributed by atoms with Gasteiger partial charge < -0.3 is 29.3 Å². The molecule has 3 amide bonds. The van der Waals surface area contributed by atoms with Crippen LogP contribution in [0.25, 0.3) is 10.9 Å². The number of rotatable bonds is 12. The second kappa shape index (κ2) is 16.3. The molecule has 0 aliphatic carbocycles. The minimum atomic E-state index is -0.740. The molecule has 4 aromatic rings. The van der Waals surface area contributed by atoms with Gasteiger partial charge in [-0.15, -0.1) is 0 Å². The third-order valence-electron chi connectivity index (χ3n) is 10.2. The maximum absolute atomic E-state index is 15.2.